The van der Waals surface area contributed by atoms with Gasteiger partial charge in [-0.2, -0.15) is 0 Å². The van der Waals surface area contributed by atoms with Gasteiger partial charge in [0.1, 0.15) is 24.0 Å². The number of rotatable bonds is 1. The lowest BCUT2D eigenvalue weighted by Crippen LogP contribution is -2.51. The lowest BCUT2D eigenvalue weighted by molar-refractivity contribution is -0.0359. The van der Waals surface area contributed by atoms with Gasteiger partial charge in [-0.3, -0.25) is 0 Å². The van der Waals surface area contributed by atoms with Gasteiger partial charge in [0.15, 0.2) is 0 Å². The summed E-state index contributed by atoms with van der Waals surface area (Å²) in [5, 5.41) is 11.4. The summed E-state index contributed by atoms with van der Waals surface area (Å²) in [5.41, 5.74) is 8.08. The van der Waals surface area contributed by atoms with Gasteiger partial charge in [-0.15, -0.1) is 0 Å². The zero-order valence-electron chi connectivity index (χ0n) is 15.1. The largest absolute Gasteiger partial charge is 0.490 e. The number of aliphatic hydroxyl groups excluding tert-OH is 1. The fourth-order valence-electron chi connectivity index (χ4n) is 4.77. The highest BCUT2D eigenvalue weighted by Crippen LogP contribution is 2.53. The van der Waals surface area contributed by atoms with Gasteiger partial charge in [-0.25, -0.2) is 4.99 Å². The smallest absolute Gasteiger partial charge is 0.283 e. The number of ether oxygens (including phenoxy) is 2. The number of fused-ring (bicyclic) bond motifs is 4. The molecule has 2 aliphatic heterocycles. The molecule has 0 bridgehead atoms. The van der Waals surface area contributed by atoms with E-state index in [1.54, 1.807) is 6.07 Å². The fraction of sp³-hybridized carbons (Fsp3) is 0.381. The third-order valence-corrected chi connectivity index (χ3v) is 6.48. The van der Waals surface area contributed by atoms with Crippen molar-refractivity contribution >= 4 is 29.2 Å². The van der Waals surface area contributed by atoms with E-state index in [1.165, 1.54) is 0 Å². The second-order valence-electron chi connectivity index (χ2n) is 7.76. The molecule has 5 rings (SSSR count). The first kappa shape index (κ1) is 18.1. The first-order valence-corrected chi connectivity index (χ1v) is 10.1. The number of hydrogen-bond donors (Lipinski definition) is 2. The summed E-state index contributed by atoms with van der Waals surface area (Å²) in [6.45, 7) is 0.350. The van der Waals surface area contributed by atoms with Crippen molar-refractivity contribution in [3.63, 3.8) is 0 Å². The molecule has 2 aromatic rings. The Morgan fingerprint density at radius 2 is 1.86 bits per heavy atom. The molecule has 3 N–H and O–H groups in total. The summed E-state index contributed by atoms with van der Waals surface area (Å²) < 4.78 is 11.9. The number of hydrogen-bond acceptors (Lipinski definition) is 5. The van der Waals surface area contributed by atoms with E-state index in [4.69, 9.17) is 43.4 Å². The van der Waals surface area contributed by atoms with Crippen LogP contribution >= 0.6 is 23.2 Å². The molecule has 0 saturated heterocycles. The van der Waals surface area contributed by atoms with E-state index in [0.29, 0.717) is 23.1 Å². The molecule has 7 heteroatoms. The minimum absolute atomic E-state index is 0.00278. The number of amidine groups is 1. The molecule has 1 fully saturated rings. The van der Waals surface area contributed by atoms with Gasteiger partial charge < -0.3 is 20.3 Å². The average Bonchev–Trinajstić information content (AvgIpc) is 3.04. The van der Waals surface area contributed by atoms with Gasteiger partial charge in [-0.05, 0) is 60.7 Å². The maximum atomic E-state index is 10.3. The van der Waals surface area contributed by atoms with E-state index < -0.39 is 5.54 Å². The molecule has 1 saturated carbocycles. The molecule has 28 heavy (non-hydrogen) atoms. The average molecular weight is 419 g/mol. The summed E-state index contributed by atoms with van der Waals surface area (Å²) in [6, 6.07) is 11.7. The monoisotopic (exact) mass is 418 g/mol. The second kappa shape index (κ2) is 6.55. The molecule has 0 aromatic heterocycles. The van der Waals surface area contributed by atoms with Crippen molar-refractivity contribution in [3.05, 3.63) is 52.0 Å². The molecule has 1 spiro atoms. The number of aliphatic imine (C=N–C) groups is 1. The molecule has 2 unspecified atom stereocenters. The van der Waals surface area contributed by atoms with Gasteiger partial charge in [0.25, 0.3) is 6.02 Å². The zero-order valence-corrected chi connectivity index (χ0v) is 16.6. The first-order chi connectivity index (χ1) is 13.4. The predicted octanol–water partition coefficient (Wildman–Crippen LogP) is 4.12. The van der Waals surface area contributed by atoms with Crippen molar-refractivity contribution in [1.82, 2.24) is 0 Å². The number of nitrogens with zero attached hydrogens (tertiary/aromatic N) is 1. The third-order valence-electron chi connectivity index (χ3n) is 6.04. The van der Waals surface area contributed by atoms with E-state index in [1.807, 2.05) is 24.3 Å². The van der Waals surface area contributed by atoms with E-state index in [2.05, 4.69) is 6.07 Å². The predicted molar refractivity (Wildman–Crippen MR) is 109 cm³/mol. The van der Waals surface area contributed by atoms with Crippen LogP contribution in [-0.2, 0) is 10.3 Å². The summed E-state index contributed by atoms with van der Waals surface area (Å²) in [4.78, 5) is 4.74. The molecule has 0 radical (unpaired) electrons. The standard InChI is InChI=1S/C21H20Cl2N2O3/c22-13-5-12(6-14(23)8-13)11-1-3-18-16(7-11)21(10-27-20(24)25-21)17-9-15(26)2-4-19(17)28-18/h1,3,5-8,15,17,19,26H,2,4,9-10H2,(H2,24,25)/t15-,17-,19?,21?/m0/s1. The van der Waals surface area contributed by atoms with E-state index in [-0.39, 0.29) is 24.1 Å². The number of aliphatic hydroxyl groups is 1. The van der Waals surface area contributed by atoms with Crippen LogP contribution in [0.1, 0.15) is 24.8 Å². The van der Waals surface area contributed by atoms with Crippen LogP contribution in [0.2, 0.25) is 10.0 Å². The zero-order chi connectivity index (χ0) is 19.5. The SMILES string of the molecule is NC1=NC2(CO1)c1cc(-c3cc(Cl)cc(Cl)c3)ccc1OC1CC[C@H](O)C[C@@H]12. The van der Waals surface area contributed by atoms with Crippen LogP contribution in [0.5, 0.6) is 5.75 Å². The summed E-state index contributed by atoms with van der Waals surface area (Å²) in [6.07, 6.45) is 1.74. The van der Waals surface area contributed by atoms with Crippen LogP contribution in [0.25, 0.3) is 11.1 Å². The summed E-state index contributed by atoms with van der Waals surface area (Å²) in [5.74, 6) is 0.791. The highest BCUT2D eigenvalue weighted by molar-refractivity contribution is 6.35. The minimum Gasteiger partial charge on any atom is -0.490 e. The molecule has 4 atom stereocenters. The Labute approximate surface area is 173 Å². The minimum atomic E-state index is -0.651. The highest BCUT2D eigenvalue weighted by atomic mass is 35.5. The van der Waals surface area contributed by atoms with Crippen LogP contribution in [0, 0.1) is 5.92 Å². The maximum absolute atomic E-state index is 10.3. The highest BCUT2D eigenvalue weighted by Gasteiger charge is 2.55. The Morgan fingerprint density at radius 3 is 2.57 bits per heavy atom. The molecule has 1 aliphatic carbocycles. The first-order valence-electron chi connectivity index (χ1n) is 9.38. The van der Waals surface area contributed by atoms with Crippen molar-refractivity contribution in [1.29, 1.82) is 0 Å². The Hall–Kier alpha value is -1.95. The normalized spacial score (nSPS) is 30.8. The van der Waals surface area contributed by atoms with Gasteiger partial charge in [0.05, 0.1) is 6.10 Å². The lowest BCUT2D eigenvalue weighted by Gasteiger charge is -2.47. The quantitative estimate of drug-likeness (QED) is 0.729. The Balaban J connectivity index is 1.67. The van der Waals surface area contributed by atoms with Gasteiger partial charge >= 0.3 is 0 Å². The van der Waals surface area contributed by atoms with Crippen molar-refractivity contribution in [2.75, 3.05) is 6.61 Å². The molecule has 2 aromatic carbocycles. The van der Waals surface area contributed by atoms with E-state index >= 15 is 0 Å². The van der Waals surface area contributed by atoms with Crippen molar-refractivity contribution in [2.24, 2.45) is 16.6 Å². The molecule has 2 heterocycles. The van der Waals surface area contributed by atoms with Crippen LogP contribution in [0.15, 0.2) is 41.4 Å². The Morgan fingerprint density at radius 1 is 1.07 bits per heavy atom. The Bertz CT molecular complexity index is 960. The molecular formula is C21H20Cl2N2O3. The second-order valence-corrected chi connectivity index (χ2v) is 8.63. The Kier molecular flexibility index (Phi) is 4.23. The van der Waals surface area contributed by atoms with Gasteiger partial charge in [-0.1, -0.05) is 29.3 Å². The number of nitrogens with two attached hydrogens (primary N) is 1. The van der Waals surface area contributed by atoms with Crippen molar-refractivity contribution in [2.45, 2.75) is 37.0 Å². The summed E-state index contributed by atoms with van der Waals surface area (Å²) >= 11 is 12.4. The molecule has 3 aliphatic rings. The van der Waals surface area contributed by atoms with Gasteiger partial charge in [0, 0.05) is 21.5 Å². The molecule has 5 nitrogen and oxygen atoms in total. The topological polar surface area (TPSA) is 77.1 Å². The van der Waals surface area contributed by atoms with E-state index in [0.717, 1.165) is 35.3 Å². The van der Waals surface area contributed by atoms with Crippen LogP contribution < -0.4 is 10.5 Å². The fourth-order valence-corrected chi connectivity index (χ4v) is 5.30. The summed E-state index contributed by atoms with van der Waals surface area (Å²) in [7, 11) is 0. The molecule has 0 amide bonds. The number of halogens is 2. The third kappa shape index (κ3) is 2.84. The molecular weight excluding hydrogens is 399 g/mol. The number of benzene rings is 2. The molecule has 146 valence electrons. The van der Waals surface area contributed by atoms with Gasteiger partial charge in [0.2, 0.25) is 0 Å². The van der Waals surface area contributed by atoms with E-state index in [9.17, 15) is 5.11 Å². The van der Waals surface area contributed by atoms with Crippen molar-refractivity contribution < 1.29 is 14.6 Å². The van der Waals surface area contributed by atoms with Crippen LogP contribution in [0.4, 0.5) is 0 Å². The van der Waals surface area contributed by atoms with Crippen LogP contribution in [0.3, 0.4) is 0 Å². The lowest BCUT2D eigenvalue weighted by atomic mass is 9.67. The maximum Gasteiger partial charge on any atom is 0.283 e. The van der Waals surface area contributed by atoms with Crippen molar-refractivity contribution in [3.8, 4) is 16.9 Å². The van der Waals surface area contributed by atoms with Crippen LogP contribution in [-0.4, -0.2) is 29.9 Å².